The smallest absolute Gasteiger partial charge is 0.325 e. The lowest BCUT2D eigenvalue weighted by Gasteiger charge is -2.22. The second kappa shape index (κ2) is 7.63. The molecule has 0 aliphatic heterocycles. The molecule has 4 nitrogen and oxygen atoms in total. The van der Waals surface area contributed by atoms with E-state index < -0.39 is 11.5 Å². The van der Waals surface area contributed by atoms with Crippen LogP contribution in [0.1, 0.15) is 52.9 Å². The number of hydrogen-bond acceptors (Lipinski definition) is 3. The number of ether oxygens (including phenoxy) is 1. The van der Waals surface area contributed by atoms with Crippen LogP contribution in [-0.4, -0.2) is 29.3 Å². The van der Waals surface area contributed by atoms with E-state index in [0.29, 0.717) is 0 Å². The summed E-state index contributed by atoms with van der Waals surface area (Å²) in [7, 11) is 0. The molecule has 0 heterocycles. The second-order valence-corrected chi connectivity index (χ2v) is 4.69. The summed E-state index contributed by atoms with van der Waals surface area (Å²) in [4.78, 5) is 10.7. The molecule has 0 amide bonds. The van der Waals surface area contributed by atoms with Gasteiger partial charge in [0.15, 0.2) is 0 Å². The molecule has 0 aromatic carbocycles. The highest BCUT2D eigenvalue weighted by atomic mass is 16.5. The molecule has 2 unspecified atom stereocenters. The lowest BCUT2D eigenvalue weighted by atomic mass is 10.1. The molecule has 0 aromatic rings. The number of carbonyl (C=O) groups is 1. The van der Waals surface area contributed by atoms with Crippen molar-refractivity contribution in [1.29, 1.82) is 0 Å². The van der Waals surface area contributed by atoms with Gasteiger partial charge in [0.2, 0.25) is 0 Å². The van der Waals surface area contributed by atoms with E-state index in [1.807, 2.05) is 6.92 Å². The van der Waals surface area contributed by atoms with E-state index in [-0.39, 0.29) is 12.7 Å². The Morgan fingerprint density at radius 3 is 2.56 bits per heavy atom. The van der Waals surface area contributed by atoms with Crippen LogP contribution in [-0.2, 0) is 9.53 Å². The molecule has 0 aliphatic rings. The molecule has 0 saturated carbocycles. The zero-order valence-corrected chi connectivity index (χ0v) is 10.7. The summed E-state index contributed by atoms with van der Waals surface area (Å²) in [6.45, 7) is 5.67. The lowest BCUT2D eigenvalue weighted by molar-refractivity contribution is -0.145. The Hall–Kier alpha value is -0.610. The first-order valence-corrected chi connectivity index (χ1v) is 6.04. The first-order chi connectivity index (χ1) is 7.40. The number of nitrogens with two attached hydrogens (primary N) is 1. The molecule has 2 atom stereocenters. The molecular weight excluding hydrogens is 206 g/mol. The number of carboxylic acid groups (broad SMARTS) is 1. The van der Waals surface area contributed by atoms with Gasteiger partial charge >= 0.3 is 5.97 Å². The Labute approximate surface area is 98.2 Å². The maximum atomic E-state index is 10.7. The largest absolute Gasteiger partial charge is 0.480 e. The minimum absolute atomic E-state index is 0.0667. The normalized spacial score (nSPS) is 16.8. The van der Waals surface area contributed by atoms with Crippen LogP contribution in [0.5, 0.6) is 0 Å². The molecule has 0 aromatic heterocycles. The van der Waals surface area contributed by atoms with Gasteiger partial charge in [-0.2, -0.15) is 0 Å². The molecule has 0 saturated heterocycles. The molecule has 0 rings (SSSR count). The molecule has 0 spiro atoms. The summed E-state index contributed by atoms with van der Waals surface area (Å²) in [5.41, 5.74) is 4.28. The van der Waals surface area contributed by atoms with Gasteiger partial charge < -0.3 is 15.6 Å². The summed E-state index contributed by atoms with van der Waals surface area (Å²) in [5.74, 6) is -1.02. The van der Waals surface area contributed by atoms with Crippen LogP contribution in [0, 0.1) is 0 Å². The van der Waals surface area contributed by atoms with Gasteiger partial charge in [0, 0.05) is 0 Å². The van der Waals surface area contributed by atoms with Crippen molar-refractivity contribution in [2.75, 3.05) is 6.61 Å². The number of carboxylic acids is 1. The van der Waals surface area contributed by atoms with Crippen LogP contribution in [0.2, 0.25) is 0 Å². The Morgan fingerprint density at radius 2 is 2.06 bits per heavy atom. The van der Waals surface area contributed by atoms with E-state index in [9.17, 15) is 4.79 Å². The molecule has 16 heavy (non-hydrogen) atoms. The average Bonchev–Trinajstić information content (AvgIpc) is 2.21. The van der Waals surface area contributed by atoms with Crippen LogP contribution in [0.3, 0.4) is 0 Å². The van der Waals surface area contributed by atoms with Crippen LogP contribution in [0.25, 0.3) is 0 Å². The van der Waals surface area contributed by atoms with Gasteiger partial charge in [-0.15, -0.1) is 0 Å². The van der Waals surface area contributed by atoms with Crippen molar-refractivity contribution in [2.45, 2.75) is 64.5 Å². The summed E-state index contributed by atoms with van der Waals surface area (Å²) < 4.78 is 5.44. The van der Waals surface area contributed by atoms with E-state index in [2.05, 4.69) is 6.92 Å². The van der Waals surface area contributed by atoms with E-state index in [4.69, 9.17) is 15.6 Å². The third-order valence-corrected chi connectivity index (χ3v) is 2.62. The van der Waals surface area contributed by atoms with Crippen molar-refractivity contribution in [3.8, 4) is 0 Å². The summed E-state index contributed by atoms with van der Waals surface area (Å²) >= 11 is 0. The SMILES string of the molecule is CCCCCCC(C)OCC(C)(N)C(=O)O. The van der Waals surface area contributed by atoms with E-state index in [1.54, 1.807) is 0 Å². The first-order valence-electron chi connectivity index (χ1n) is 6.04. The second-order valence-electron chi connectivity index (χ2n) is 4.69. The molecular formula is C12H25NO3. The monoisotopic (exact) mass is 231 g/mol. The molecule has 0 bridgehead atoms. The lowest BCUT2D eigenvalue weighted by Crippen LogP contribution is -2.49. The maximum Gasteiger partial charge on any atom is 0.325 e. The summed E-state index contributed by atoms with van der Waals surface area (Å²) in [6, 6.07) is 0. The van der Waals surface area contributed by atoms with Crippen molar-refractivity contribution < 1.29 is 14.6 Å². The highest BCUT2D eigenvalue weighted by Gasteiger charge is 2.28. The third-order valence-electron chi connectivity index (χ3n) is 2.62. The molecule has 3 N–H and O–H groups in total. The van der Waals surface area contributed by atoms with E-state index >= 15 is 0 Å². The van der Waals surface area contributed by atoms with Crippen LogP contribution >= 0.6 is 0 Å². The zero-order valence-electron chi connectivity index (χ0n) is 10.7. The quantitative estimate of drug-likeness (QED) is 0.596. The van der Waals surface area contributed by atoms with Gasteiger partial charge in [-0.3, -0.25) is 4.79 Å². The molecule has 0 radical (unpaired) electrons. The topological polar surface area (TPSA) is 72.5 Å². The van der Waals surface area contributed by atoms with Crippen LogP contribution in [0.4, 0.5) is 0 Å². The Kier molecular flexibility index (Phi) is 7.34. The molecule has 0 aliphatic carbocycles. The fourth-order valence-corrected chi connectivity index (χ4v) is 1.32. The standard InChI is InChI=1S/C12H25NO3/c1-4-5-6-7-8-10(2)16-9-12(3,13)11(14)15/h10H,4-9,13H2,1-3H3,(H,14,15). The predicted molar refractivity (Wildman–Crippen MR) is 64.4 cm³/mol. The number of unbranched alkanes of at least 4 members (excludes halogenated alkanes) is 3. The van der Waals surface area contributed by atoms with Crippen LogP contribution in [0.15, 0.2) is 0 Å². The van der Waals surface area contributed by atoms with Crippen molar-refractivity contribution in [2.24, 2.45) is 5.73 Å². The average molecular weight is 231 g/mol. The number of rotatable bonds is 9. The van der Waals surface area contributed by atoms with Gasteiger partial charge in [-0.1, -0.05) is 32.6 Å². The van der Waals surface area contributed by atoms with Crippen molar-refractivity contribution in [3.63, 3.8) is 0 Å². The number of hydrogen-bond donors (Lipinski definition) is 2. The minimum atomic E-state index is -1.28. The van der Waals surface area contributed by atoms with Gasteiger partial charge in [0.25, 0.3) is 0 Å². The van der Waals surface area contributed by atoms with Crippen LogP contribution < -0.4 is 5.73 Å². The van der Waals surface area contributed by atoms with Gasteiger partial charge in [-0.05, 0) is 20.3 Å². The van der Waals surface area contributed by atoms with Gasteiger partial charge in [0.05, 0.1) is 12.7 Å². The minimum Gasteiger partial charge on any atom is -0.480 e. The molecule has 0 fully saturated rings. The fraction of sp³-hybridized carbons (Fsp3) is 0.917. The Bertz CT molecular complexity index is 204. The molecule has 4 heteroatoms. The maximum absolute atomic E-state index is 10.7. The fourth-order valence-electron chi connectivity index (χ4n) is 1.32. The number of aliphatic carboxylic acids is 1. The summed E-state index contributed by atoms with van der Waals surface area (Å²) in [5, 5.41) is 8.80. The van der Waals surface area contributed by atoms with Crippen molar-refractivity contribution in [1.82, 2.24) is 0 Å². The van der Waals surface area contributed by atoms with Crippen molar-refractivity contribution >= 4 is 5.97 Å². The zero-order chi connectivity index (χ0) is 12.6. The van der Waals surface area contributed by atoms with Gasteiger partial charge in [0.1, 0.15) is 5.54 Å². The van der Waals surface area contributed by atoms with E-state index in [0.717, 1.165) is 12.8 Å². The first kappa shape index (κ1) is 15.4. The molecule has 96 valence electrons. The van der Waals surface area contributed by atoms with E-state index in [1.165, 1.54) is 26.2 Å². The predicted octanol–water partition coefficient (Wildman–Crippen LogP) is 2.16. The highest BCUT2D eigenvalue weighted by Crippen LogP contribution is 2.10. The van der Waals surface area contributed by atoms with Crippen molar-refractivity contribution in [3.05, 3.63) is 0 Å². The highest BCUT2D eigenvalue weighted by molar-refractivity contribution is 5.77. The van der Waals surface area contributed by atoms with Gasteiger partial charge in [-0.25, -0.2) is 0 Å². The summed E-state index contributed by atoms with van der Waals surface area (Å²) in [6.07, 6.45) is 5.85. The third kappa shape index (κ3) is 6.80. The Balaban J connectivity index is 3.64. The Morgan fingerprint density at radius 1 is 1.44 bits per heavy atom.